The molecule has 3 rings (SSSR count). The fourth-order valence-electron chi connectivity index (χ4n) is 2.75. The lowest BCUT2D eigenvalue weighted by Gasteiger charge is -2.23. The largest absolute Gasteiger partial charge is 0.302 e. The minimum Gasteiger partial charge on any atom is -0.302 e. The maximum absolute atomic E-state index is 13.3. The number of nitro benzene ring substituents is 1. The third-order valence-corrected chi connectivity index (χ3v) is 4.41. The van der Waals surface area contributed by atoms with E-state index in [1.54, 1.807) is 49.5 Å². The maximum atomic E-state index is 13.3. The summed E-state index contributed by atoms with van der Waals surface area (Å²) < 4.78 is 0. The number of carbonyl (C=O) groups excluding carboxylic acids is 1. The maximum Gasteiger partial charge on any atom is 0.273 e. The van der Waals surface area contributed by atoms with Crippen molar-refractivity contribution in [1.29, 1.82) is 0 Å². The van der Waals surface area contributed by atoms with E-state index < -0.39 is 4.92 Å². The van der Waals surface area contributed by atoms with Crippen LogP contribution in [0.1, 0.15) is 21.6 Å². The summed E-state index contributed by atoms with van der Waals surface area (Å²) in [6.45, 7) is 1.80. The first-order valence-corrected chi connectivity index (χ1v) is 8.56. The quantitative estimate of drug-likeness (QED) is 0.470. The molecular weight excluding hydrogens is 366 g/mol. The van der Waals surface area contributed by atoms with Crippen LogP contribution in [0.2, 0.25) is 5.02 Å². The SMILES string of the molecule is Cc1c(C(=O)N(Cc2ccccn2)c2ccc(Cl)cc2)cccc1[N+](=O)[O-]. The minimum atomic E-state index is -0.489. The summed E-state index contributed by atoms with van der Waals surface area (Å²) in [5.41, 5.74) is 1.84. The molecule has 2 aromatic carbocycles. The van der Waals surface area contributed by atoms with Gasteiger partial charge in [-0.2, -0.15) is 0 Å². The topological polar surface area (TPSA) is 76.3 Å². The molecule has 0 bridgehead atoms. The van der Waals surface area contributed by atoms with E-state index in [1.807, 2.05) is 12.1 Å². The normalized spacial score (nSPS) is 10.4. The third-order valence-electron chi connectivity index (χ3n) is 4.16. The van der Waals surface area contributed by atoms with Crippen LogP contribution in [-0.2, 0) is 6.54 Å². The molecule has 0 N–H and O–H groups in total. The molecular formula is C20H16ClN3O3. The zero-order valence-corrected chi connectivity index (χ0v) is 15.3. The van der Waals surface area contributed by atoms with Gasteiger partial charge in [0.2, 0.25) is 0 Å². The van der Waals surface area contributed by atoms with Crippen LogP contribution in [0.4, 0.5) is 11.4 Å². The molecule has 27 heavy (non-hydrogen) atoms. The Morgan fingerprint density at radius 2 is 1.85 bits per heavy atom. The van der Waals surface area contributed by atoms with Gasteiger partial charge in [-0.25, -0.2) is 0 Å². The van der Waals surface area contributed by atoms with Gasteiger partial charge in [0.15, 0.2) is 0 Å². The molecule has 0 spiro atoms. The molecule has 0 radical (unpaired) electrons. The smallest absolute Gasteiger partial charge is 0.273 e. The van der Waals surface area contributed by atoms with E-state index in [1.165, 1.54) is 17.0 Å². The van der Waals surface area contributed by atoms with Gasteiger partial charge >= 0.3 is 0 Å². The van der Waals surface area contributed by atoms with E-state index in [-0.39, 0.29) is 23.7 Å². The van der Waals surface area contributed by atoms with E-state index in [0.29, 0.717) is 22.0 Å². The number of pyridine rings is 1. The van der Waals surface area contributed by atoms with Gasteiger partial charge in [0, 0.05) is 34.1 Å². The van der Waals surface area contributed by atoms with Crippen LogP contribution in [0.5, 0.6) is 0 Å². The molecule has 0 aliphatic rings. The molecule has 0 fully saturated rings. The molecule has 1 amide bonds. The Labute approximate surface area is 161 Å². The fraction of sp³-hybridized carbons (Fsp3) is 0.100. The van der Waals surface area contributed by atoms with Gasteiger partial charge in [0.05, 0.1) is 17.2 Å². The monoisotopic (exact) mass is 381 g/mol. The van der Waals surface area contributed by atoms with Crippen LogP contribution in [0.15, 0.2) is 66.9 Å². The lowest BCUT2D eigenvalue weighted by atomic mass is 10.0. The highest BCUT2D eigenvalue weighted by molar-refractivity contribution is 6.30. The number of carbonyl (C=O) groups is 1. The van der Waals surface area contributed by atoms with E-state index >= 15 is 0 Å². The van der Waals surface area contributed by atoms with E-state index in [2.05, 4.69) is 4.98 Å². The average molecular weight is 382 g/mol. The molecule has 6 nitrogen and oxygen atoms in total. The average Bonchev–Trinajstić information content (AvgIpc) is 2.67. The van der Waals surface area contributed by atoms with Gasteiger partial charge in [-0.15, -0.1) is 0 Å². The summed E-state index contributed by atoms with van der Waals surface area (Å²) >= 11 is 5.96. The summed E-state index contributed by atoms with van der Waals surface area (Å²) in [6.07, 6.45) is 1.65. The van der Waals surface area contributed by atoms with Crippen LogP contribution >= 0.6 is 11.6 Å². The van der Waals surface area contributed by atoms with E-state index in [4.69, 9.17) is 11.6 Å². The molecule has 0 saturated heterocycles. The minimum absolute atomic E-state index is 0.0882. The Kier molecular flexibility index (Phi) is 5.47. The van der Waals surface area contributed by atoms with Crippen molar-refractivity contribution in [2.24, 2.45) is 0 Å². The molecule has 0 aliphatic carbocycles. The number of nitro groups is 1. The van der Waals surface area contributed by atoms with Crippen molar-refractivity contribution >= 4 is 28.9 Å². The van der Waals surface area contributed by atoms with Crippen molar-refractivity contribution in [3.05, 3.63) is 98.8 Å². The Hall–Kier alpha value is -3.25. The van der Waals surface area contributed by atoms with Gasteiger partial charge in [-0.1, -0.05) is 23.7 Å². The standard InChI is InChI=1S/C20H16ClN3O3/c1-14-18(6-4-7-19(14)24(26)27)20(25)23(13-16-5-2-3-12-22-16)17-10-8-15(21)9-11-17/h2-12H,13H2,1H3. The zero-order valence-electron chi connectivity index (χ0n) is 14.5. The van der Waals surface area contributed by atoms with Crippen LogP contribution in [0.25, 0.3) is 0 Å². The molecule has 0 aliphatic heterocycles. The number of benzene rings is 2. The first kappa shape index (κ1) is 18.5. The second-order valence-electron chi connectivity index (χ2n) is 5.90. The van der Waals surface area contributed by atoms with Gasteiger partial charge in [0.25, 0.3) is 11.6 Å². The number of amides is 1. The van der Waals surface area contributed by atoms with Crippen LogP contribution in [0, 0.1) is 17.0 Å². The van der Waals surface area contributed by atoms with Gasteiger partial charge in [0.1, 0.15) is 0 Å². The highest BCUT2D eigenvalue weighted by Gasteiger charge is 2.24. The first-order chi connectivity index (χ1) is 13.0. The first-order valence-electron chi connectivity index (χ1n) is 8.18. The zero-order chi connectivity index (χ0) is 19.4. The Morgan fingerprint density at radius 3 is 2.48 bits per heavy atom. The number of hydrogen-bond donors (Lipinski definition) is 0. The van der Waals surface area contributed by atoms with Crippen molar-refractivity contribution in [1.82, 2.24) is 4.98 Å². The van der Waals surface area contributed by atoms with Crippen LogP contribution < -0.4 is 4.90 Å². The number of rotatable bonds is 5. The highest BCUT2D eigenvalue weighted by Crippen LogP contribution is 2.26. The molecule has 7 heteroatoms. The molecule has 1 heterocycles. The molecule has 1 aromatic heterocycles. The lowest BCUT2D eigenvalue weighted by molar-refractivity contribution is -0.385. The number of aromatic nitrogens is 1. The van der Waals surface area contributed by atoms with E-state index in [0.717, 1.165) is 0 Å². The van der Waals surface area contributed by atoms with Gasteiger partial charge < -0.3 is 4.90 Å². The Balaban J connectivity index is 2.04. The lowest BCUT2D eigenvalue weighted by Crippen LogP contribution is -2.31. The van der Waals surface area contributed by atoms with E-state index in [9.17, 15) is 14.9 Å². The number of nitrogens with zero attached hydrogens (tertiary/aromatic N) is 3. The van der Waals surface area contributed by atoms with Crippen molar-refractivity contribution in [3.63, 3.8) is 0 Å². The second-order valence-corrected chi connectivity index (χ2v) is 6.33. The highest BCUT2D eigenvalue weighted by atomic mass is 35.5. The Bertz CT molecular complexity index is 976. The molecule has 0 saturated carbocycles. The van der Waals surface area contributed by atoms with Crippen molar-refractivity contribution in [2.75, 3.05) is 4.90 Å². The second kappa shape index (κ2) is 7.97. The van der Waals surface area contributed by atoms with Gasteiger partial charge in [-0.05, 0) is 49.4 Å². The predicted octanol–water partition coefficient (Wildman–Crippen LogP) is 4.80. The Morgan fingerprint density at radius 1 is 1.11 bits per heavy atom. The molecule has 0 unspecified atom stereocenters. The number of anilines is 1. The fourth-order valence-corrected chi connectivity index (χ4v) is 2.88. The summed E-state index contributed by atoms with van der Waals surface area (Å²) in [7, 11) is 0. The van der Waals surface area contributed by atoms with Crippen molar-refractivity contribution in [3.8, 4) is 0 Å². The molecule has 3 aromatic rings. The number of hydrogen-bond acceptors (Lipinski definition) is 4. The number of halogens is 1. The van der Waals surface area contributed by atoms with Crippen molar-refractivity contribution in [2.45, 2.75) is 13.5 Å². The van der Waals surface area contributed by atoms with Crippen molar-refractivity contribution < 1.29 is 9.72 Å². The summed E-state index contributed by atoms with van der Waals surface area (Å²) in [5, 5.41) is 11.8. The summed E-state index contributed by atoms with van der Waals surface area (Å²) in [5.74, 6) is -0.343. The van der Waals surface area contributed by atoms with Crippen LogP contribution in [-0.4, -0.2) is 15.8 Å². The third kappa shape index (κ3) is 4.12. The molecule has 136 valence electrons. The summed E-state index contributed by atoms with van der Waals surface area (Å²) in [4.78, 5) is 29.8. The predicted molar refractivity (Wildman–Crippen MR) is 104 cm³/mol. The molecule has 0 atom stereocenters. The van der Waals surface area contributed by atoms with Crippen LogP contribution in [0.3, 0.4) is 0 Å². The summed E-state index contributed by atoms with van der Waals surface area (Å²) in [6, 6.07) is 16.8. The van der Waals surface area contributed by atoms with Gasteiger partial charge in [-0.3, -0.25) is 19.9 Å².